The molecule has 1 aromatic rings. The standard InChI is InChI=1S/C18H36N6O/c1-8-19-18(20-9-10-23(5)11-12-25-7)21-14(2)13-17-15(3)22-24(6)16(17)4/h14H,8-13H2,1-7H3,(H2,19,20,21). The topological polar surface area (TPSA) is 66.7 Å². The van der Waals surface area contributed by atoms with Gasteiger partial charge in [0.1, 0.15) is 0 Å². The lowest BCUT2D eigenvalue weighted by Gasteiger charge is -2.19. The molecule has 0 bridgehead atoms. The third-order valence-electron chi connectivity index (χ3n) is 4.33. The zero-order valence-corrected chi connectivity index (χ0v) is 17.0. The van der Waals surface area contributed by atoms with Crippen LogP contribution in [-0.4, -0.2) is 73.6 Å². The van der Waals surface area contributed by atoms with Crippen molar-refractivity contribution >= 4 is 5.96 Å². The number of methoxy groups -OCH3 is 1. The van der Waals surface area contributed by atoms with E-state index < -0.39 is 0 Å². The minimum atomic E-state index is 0.283. The van der Waals surface area contributed by atoms with Gasteiger partial charge in [-0.15, -0.1) is 0 Å². The quantitative estimate of drug-likeness (QED) is 0.488. The van der Waals surface area contributed by atoms with Gasteiger partial charge in [0, 0.05) is 45.5 Å². The van der Waals surface area contributed by atoms with Crippen LogP contribution >= 0.6 is 0 Å². The van der Waals surface area contributed by atoms with Crippen LogP contribution in [0.2, 0.25) is 0 Å². The van der Waals surface area contributed by atoms with Gasteiger partial charge in [-0.3, -0.25) is 9.67 Å². The molecule has 0 saturated carbocycles. The van der Waals surface area contributed by atoms with Crippen molar-refractivity contribution < 1.29 is 4.74 Å². The van der Waals surface area contributed by atoms with E-state index in [2.05, 4.69) is 60.4 Å². The highest BCUT2D eigenvalue weighted by Crippen LogP contribution is 2.14. The van der Waals surface area contributed by atoms with Crippen molar-refractivity contribution in [1.29, 1.82) is 0 Å². The molecule has 144 valence electrons. The number of rotatable bonds is 10. The Bertz CT molecular complexity index is 540. The summed E-state index contributed by atoms with van der Waals surface area (Å²) in [6.07, 6.45) is 0.934. The highest BCUT2D eigenvalue weighted by Gasteiger charge is 2.14. The molecule has 1 rings (SSSR count). The van der Waals surface area contributed by atoms with Gasteiger partial charge in [-0.2, -0.15) is 5.10 Å². The predicted molar refractivity (Wildman–Crippen MR) is 104 cm³/mol. The molecule has 0 amide bonds. The van der Waals surface area contributed by atoms with Crippen LogP contribution in [0.25, 0.3) is 0 Å². The lowest BCUT2D eigenvalue weighted by Crippen LogP contribution is -2.43. The minimum absolute atomic E-state index is 0.283. The van der Waals surface area contributed by atoms with Gasteiger partial charge in [0.15, 0.2) is 5.96 Å². The number of nitrogens with one attached hydrogen (secondary N) is 2. The molecule has 0 radical (unpaired) electrons. The molecular formula is C18H36N6O. The Balaban J connectivity index is 2.56. The maximum Gasteiger partial charge on any atom is 0.191 e. The molecule has 0 saturated heterocycles. The van der Waals surface area contributed by atoms with Gasteiger partial charge in [-0.05, 0) is 46.7 Å². The summed E-state index contributed by atoms with van der Waals surface area (Å²) in [6.45, 7) is 12.7. The molecule has 0 aliphatic carbocycles. The Morgan fingerprint density at radius 2 is 2.08 bits per heavy atom. The third-order valence-corrected chi connectivity index (χ3v) is 4.33. The number of aliphatic imine (C=N–C) groups is 1. The fourth-order valence-electron chi connectivity index (χ4n) is 2.71. The fraction of sp³-hybridized carbons (Fsp3) is 0.778. The lowest BCUT2D eigenvalue weighted by molar-refractivity contribution is 0.163. The van der Waals surface area contributed by atoms with Crippen molar-refractivity contribution in [2.75, 3.05) is 46.9 Å². The average molecular weight is 353 g/mol. The molecule has 1 heterocycles. The number of hydrogen-bond acceptors (Lipinski definition) is 4. The summed E-state index contributed by atoms with van der Waals surface area (Å²) in [5.74, 6) is 0.870. The number of hydrogen-bond donors (Lipinski definition) is 2. The first-order valence-corrected chi connectivity index (χ1v) is 9.10. The van der Waals surface area contributed by atoms with Crippen LogP contribution < -0.4 is 10.6 Å². The van der Waals surface area contributed by atoms with Gasteiger partial charge in [0.05, 0.1) is 18.8 Å². The normalized spacial score (nSPS) is 13.4. The highest BCUT2D eigenvalue weighted by atomic mass is 16.5. The maximum atomic E-state index is 5.10. The molecule has 25 heavy (non-hydrogen) atoms. The van der Waals surface area contributed by atoms with E-state index in [1.165, 1.54) is 11.3 Å². The van der Waals surface area contributed by atoms with Crippen molar-refractivity contribution in [1.82, 2.24) is 25.3 Å². The zero-order valence-electron chi connectivity index (χ0n) is 17.0. The van der Waals surface area contributed by atoms with E-state index in [9.17, 15) is 0 Å². The molecule has 7 heteroatoms. The second-order valence-electron chi connectivity index (χ2n) is 6.58. The lowest BCUT2D eigenvalue weighted by atomic mass is 10.1. The van der Waals surface area contributed by atoms with Gasteiger partial charge in [-0.25, -0.2) is 0 Å². The van der Waals surface area contributed by atoms with E-state index >= 15 is 0 Å². The first-order chi connectivity index (χ1) is 11.9. The molecule has 0 aromatic carbocycles. The predicted octanol–water partition coefficient (Wildman–Crippen LogP) is 1.10. The molecule has 1 aromatic heterocycles. The summed E-state index contributed by atoms with van der Waals surface area (Å²) in [6, 6.07) is 0.283. The average Bonchev–Trinajstić information content (AvgIpc) is 2.79. The van der Waals surface area contributed by atoms with Gasteiger partial charge in [0.2, 0.25) is 0 Å². The van der Waals surface area contributed by atoms with Crippen LogP contribution in [0.15, 0.2) is 4.99 Å². The highest BCUT2D eigenvalue weighted by molar-refractivity contribution is 5.80. The van der Waals surface area contributed by atoms with Crippen LogP contribution in [0.4, 0.5) is 0 Å². The van der Waals surface area contributed by atoms with Gasteiger partial charge < -0.3 is 20.3 Å². The second kappa shape index (κ2) is 11.1. The number of likely N-dealkylation sites (N-methyl/N-ethyl adjacent to an activating group) is 1. The van der Waals surface area contributed by atoms with E-state index in [0.29, 0.717) is 0 Å². The third kappa shape index (κ3) is 7.44. The van der Waals surface area contributed by atoms with Crippen molar-refractivity contribution in [3.05, 3.63) is 17.0 Å². The van der Waals surface area contributed by atoms with Crippen LogP contribution in [0.5, 0.6) is 0 Å². The van der Waals surface area contributed by atoms with E-state index in [4.69, 9.17) is 4.74 Å². The van der Waals surface area contributed by atoms with E-state index in [1.807, 2.05) is 11.7 Å². The molecular weight excluding hydrogens is 316 g/mol. The fourth-order valence-corrected chi connectivity index (χ4v) is 2.71. The molecule has 0 aliphatic rings. The van der Waals surface area contributed by atoms with Crippen molar-refractivity contribution in [2.45, 2.75) is 40.2 Å². The Hall–Kier alpha value is -1.60. The first kappa shape index (κ1) is 21.4. The number of guanidine groups is 1. The Kier molecular flexibility index (Phi) is 9.52. The van der Waals surface area contributed by atoms with Crippen molar-refractivity contribution in [3.8, 4) is 0 Å². The number of aryl methyl sites for hydroxylation is 2. The molecule has 0 aliphatic heterocycles. The maximum absolute atomic E-state index is 5.10. The molecule has 1 unspecified atom stereocenters. The summed E-state index contributed by atoms with van der Waals surface area (Å²) in [5, 5.41) is 11.3. The van der Waals surface area contributed by atoms with E-state index in [0.717, 1.165) is 50.9 Å². The Morgan fingerprint density at radius 1 is 1.36 bits per heavy atom. The van der Waals surface area contributed by atoms with Gasteiger partial charge in [0.25, 0.3) is 0 Å². The number of aromatic nitrogens is 2. The Morgan fingerprint density at radius 3 is 2.64 bits per heavy atom. The number of ether oxygens (including phenoxy) is 1. The van der Waals surface area contributed by atoms with Crippen molar-refractivity contribution in [2.24, 2.45) is 12.0 Å². The van der Waals surface area contributed by atoms with Crippen LogP contribution in [0, 0.1) is 13.8 Å². The summed E-state index contributed by atoms with van der Waals surface area (Å²) >= 11 is 0. The molecule has 2 N–H and O–H groups in total. The monoisotopic (exact) mass is 352 g/mol. The van der Waals surface area contributed by atoms with Crippen LogP contribution in [0.1, 0.15) is 30.8 Å². The van der Waals surface area contributed by atoms with Crippen LogP contribution in [0.3, 0.4) is 0 Å². The van der Waals surface area contributed by atoms with E-state index in [1.54, 1.807) is 7.11 Å². The molecule has 7 nitrogen and oxygen atoms in total. The van der Waals surface area contributed by atoms with Gasteiger partial charge in [-0.1, -0.05) is 0 Å². The smallest absolute Gasteiger partial charge is 0.191 e. The molecule has 0 spiro atoms. The van der Waals surface area contributed by atoms with Crippen molar-refractivity contribution in [3.63, 3.8) is 0 Å². The second-order valence-corrected chi connectivity index (χ2v) is 6.58. The zero-order chi connectivity index (χ0) is 18.8. The summed E-state index contributed by atoms with van der Waals surface area (Å²) < 4.78 is 7.05. The van der Waals surface area contributed by atoms with Gasteiger partial charge >= 0.3 is 0 Å². The first-order valence-electron chi connectivity index (χ1n) is 9.10. The summed E-state index contributed by atoms with van der Waals surface area (Å²) in [5.41, 5.74) is 3.65. The molecule has 1 atom stereocenters. The van der Waals surface area contributed by atoms with Crippen LogP contribution in [-0.2, 0) is 18.2 Å². The number of nitrogens with zero attached hydrogens (tertiary/aromatic N) is 4. The summed E-state index contributed by atoms with van der Waals surface area (Å²) in [4.78, 5) is 6.91. The largest absolute Gasteiger partial charge is 0.383 e. The Labute approximate surface area is 152 Å². The minimum Gasteiger partial charge on any atom is -0.383 e. The van der Waals surface area contributed by atoms with E-state index in [-0.39, 0.29) is 6.04 Å². The summed E-state index contributed by atoms with van der Waals surface area (Å²) in [7, 11) is 5.81. The SMILES string of the molecule is CCNC(=NCCN(C)CCOC)NC(C)Cc1c(C)nn(C)c1C. The molecule has 0 fully saturated rings.